The number of carbonyl (C=O) groups excluding carboxylic acids is 2. The van der Waals surface area contributed by atoms with Gasteiger partial charge in [-0.3, -0.25) is 0 Å². The summed E-state index contributed by atoms with van der Waals surface area (Å²) in [5.41, 5.74) is -1.45. The predicted octanol–water partition coefficient (Wildman–Crippen LogP) is 3.13. The monoisotopic (exact) mass is 516 g/mol. The number of hydrogen-bond donors (Lipinski definition) is 1. The molecule has 2 fully saturated rings. The first kappa shape index (κ1) is 27.8. The summed E-state index contributed by atoms with van der Waals surface area (Å²) < 4.78 is 49.0. The van der Waals surface area contributed by atoms with Crippen molar-refractivity contribution in [1.82, 2.24) is 25.1 Å². The van der Waals surface area contributed by atoms with Crippen LogP contribution in [0.2, 0.25) is 0 Å². The molecule has 0 aromatic carbocycles. The van der Waals surface area contributed by atoms with Crippen LogP contribution in [0.5, 0.6) is 0 Å². The van der Waals surface area contributed by atoms with E-state index in [9.17, 15) is 22.8 Å². The molecule has 1 aromatic rings. The van der Waals surface area contributed by atoms with Crippen molar-refractivity contribution in [3.63, 3.8) is 0 Å². The Bertz CT molecular complexity index is 893. The summed E-state index contributed by atoms with van der Waals surface area (Å²) in [5.74, 6) is 0.238. The molecule has 0 bridgehead atoms. The number of hydrogen-bond acceptors (Lipinski definition) is 7. The molecule has 10 nitrogen and oxygen atoms in total. The summed E-state index contributed by atoms with van der Waals surface area (Å²) in [6, 6.07) is -0.290. The smallest absolute Gasteiger partial charge is 0.419 e. The van der Waals surface area contributed by atoms with E-state index in [-0.39, 0.29) is 24.1 Å². The van der Waals surface area contributed by atoms with Crippen LogP contribution in [0.1, 0.15) is 46.1 Å². The van der Waals surface area contributed by atoms with Crippen LogP contribution in [0.15, 0.2) is 12.4 Å². The first-order valence-electron chi connectivity index (χ1n) is 12.1. The van der Waals surface area contributed by atoms with Crippen LogP contribution in [0.3, 0.4) is 0 Å². The fourth-order valence-electron chi connectivity index (χ4n) is 4.12. The maximum Gasteiger partial charge on any atom is 0.419 e. The Labute approximate surface area is 209 Å². The second kappa shape index (κ2) is 11.5. The van der Waals surface area contributed by atoms with Crippen molar-refractivity contribution >= 4 is 18.1 Å². The molecule has 13 heteroatoms. The first-order chi connectivity index (χ1) is 16.8. The summed E-state index contributed by atoms with van der Waals surface area (Å²) in [4.78, 5) is 37.8. The van der Waals surface area contributed by atoms with E-state index in [1.54, 1.807) is 30.6 Å². The van der Waals surface area contributed by atoms with Crippen LogP contribution in [0.4, 0.5) is 28.7 Å². The van der Waals surface area contributed by atoms with Crippen LogP contribution in [-0.4, -0.2) is 95.5 Å². The first-order valence-corrected chi connectivity index (χ1v) is 12.1. The highest BCUT2D eigenvalue weighted by atomic mass is 19.4. The molecule has 36 heavy (non-hydrogen) atoms. The number of aromatic nitrogens is 2. The van der Waals surface area contributed by atoms with Gasteiger partial charge in [-0.15, -0.1) is 0 Å². The lowest BCUT2D eigenvalue weighted by atomic mass is 10.2. The van der Waals surface area contributed by atoms with Crippen LogP contribution in [0, 0.1) is 0 Å². The number of alkyl carbamates (subject to hydrolysis) is 1. The molecular weight excluding hydrogens is 481 g/mol. The third kappa shape index (κ3) is 7.84. The van der Waals surface area contributed by atoms with Gasteiger partial charge in [0.25, 0.3) is 0 Å². The van der Waals surface area contributed by atoms with E-state index in [2.05, 4.69) is 15.3 Å². The van der Waals surface area contributed by atoms with E-state index < -0.39 is 23.4 Å². The van der Waals surface area contributed by atoms with Crippen molar-refractivity contribution in [3.8, 4) is 0 Å². The van der Waals surface area contributed by atoms with Gasteiger partial charge in [0.1, 0.15) is 5.60 Å². The summed E-state index contributed by atoms with van der Waals surface area (Å²) >= 11 is 0. The predicted molar refractivity (Wildman–Crippen MR) is 126 cm³/mol. The van der Waals surface area contributed by atoms with Gasteiger partial charge in [0.15, 0.2) is 0 Å². The Morgan fingerprint density at radius 1 is 1.19 bits per heavy atom. The average molecular weight is 517 g/mol. The normalized spacial score (nSPS) is 19.7. The Balaban J connectivity index is 1.35. The summed E-state index contributed by atoms with van der Waals surface area (Å²) in [6.45, 7) is 10.8. The quantitative estimate of drug-likeness (QED) is 0.504. The summed E-state index contributed by atoms with van der Waals surface area (Å²) in [6.07, 6.45) is -2.02. The zero-order valence-corrected chi connectivity index (χ0v) is 21.2. The second-order valence-electron chi connectivity index (χ2n) is 10.1. The SMILES string of the molecule is CC(COCCCN1CCN(C2CCN(c3ncc(C(F)(F)F)cn3)C2)C1=O)NC(=O)OC(C)(C)C. The van der Waals surface area contributed by atoms with Gasteiger partial charge in [0, 0.05) is 51.7 Å². The molecular formula is C23H35F3N6O4. The Morgan fingerprint density at radius 3 is 2.53 bits per heavy atom. The molecule has 0 aliphatic carbocycles. The average Bonchev–Trinajstić information content (AvgIpc) is 3.38. The number of urea groups is 1. The Kier molecular flexibility index (Phi) is 8.85. The number of rotatable bonds is 9. The minimum Gasteiger partial charge on any atom is -0.444 e. The van der Waals surface area contributed by atoms with Gasteiger partial charge in [0.05, 0.1) is 24.3 Å². The molecule has 3 heterocycles. The van der Waals surface area contributed by atoms with E-state index in [0.29, 0.717) is 58.8 Å². The van der Waals surface area contributed by atoms with Crippen molar-refractivity contribution < 1.29 is 32.2 Å². The minimum atomic E-state index is -4.47. The molecule has 3 rings (SSSR count). The molecule has 0 radical (unpaired) electrons. The number of halogens is 3. The number of carbonyl (C=O) groups is 2. The van der Waals surface area contributed by atoms with Gasteiger partial charge < -0.3 is 29.5 Å². The van der Waals surface area contributed by atoms with Gasteiger partial charge in [-0.05, 0) is 40.5 Å². The highest BCUT2D eigenvalue weighted by Crippen LogP contribution is 2.29. The summed E-state index contributed by atoms with van der Waals surface area (Å²) in [7, 11) is 0. The third-order valence-corrected chi connectivity index (χ3v) is 5.83. The van der Waals surface area contributed by atoms with Crippen molar-refractivity contribution in [2.45, 2.75) is 64.4 Å². The van der Waals surface area contributed by atoms with Gasteiger partial charge in [-0.25, -0.2) is 19.6 Å². The lowest BCUT2D eigenvalue weighted by molar-refractivity contribution is -0.138. The minimum absolute atomic E-state index is 0.0376. The summed E-state index contributed by atoms with van der Waals surface area (Å²) in [5, 5.41) is 2.72. The number of nitrogens with zero attached hydrogens (tertiary/aromatic N) is 5. The molecule has 202 valence electrons. The van der Waals surface area contributed by atoms with Crippen LogP contribution in [-0.2, 0) is 15.7 Å². The van der Waals surface area contributed by atoms with E-state index >= 15 is 0 Å². The number of nitrogens with one attached hydrogen (secondary N) is 1. The molecule has 2 atom stereocenters. The Hall–Kier alpha value is -2.83. The van der Waals surface area contributed by atoms with E-state index in [1.165, 1.54) is 0 Å². The van der Waals surface area contributed by atoms with Gasteiger partial charge in [0.2, 0.25) is 5.95 Å². The second-order valence-corrected chi connectivity index (χ2v) is 10.1. The van der Waals surface area contributed by atoms with Crippen LogP contribution in [0.25, 0.3) is 0 Å². The maximum atomic E-state index is 12.9. The largest absolute Gasteiger partial charge is 0.444 e. The molecule has 2 aliphatic heterocycles. The lowest BCUT2D eigenvalue weighted by Crippen LogP contribution is -2.41. The molecule has 2 unspecified atom stereocenters. The van der Waals surface area contributed by atoms with Gasteiger partial charge >= 0.3 is 18.3 Å². The highest BCUT2D eigenvalue weighted by Gasteiger charge is 2.38. The number of ether oxygens (including phenoxy) is 2. The molecule has 0 spiro atoms. The van der Waals surface area contributed by atoms with Crippen LogP contribution < -0.4 is 10.2 Å². The number of amides is 3. The third-order valence-electron chi connectivity index (χ3n) is 5.83. The van der Waals surface area contributed by atoms with Crippen LogP contribution >= 0.6 is 0 Å². The van der Waals surface area contributed by atoms with E-state index in [0.717, 1.165) is 12.4 Å². The standard InChI is InChI=1S/C23H35F3N6O4/c1-16(29-20(33)36-22(2,3)4)15-35-11-5-7-30-9-10-32(21(30)34)18-6-8-31(14-18)19-27-12-17(13-28-19)23(24,25)26/h12-13,16,18H,5-11,14-15H2,1-4H3,(H,29,33). The van der Waals surface area contributed by atoms with Crippen molar-refractivity contribution in [1.29, 1.82) is 0 Å². The molecule has 2 aliphatic rings. The van der Waals surface area contributed by atoms with E-state index in [1.807, 2.05) is 11.8 Å². The fraction of sp³-hybridized carbons (Fsp3) is 0.739. The fourth-order valence-corrected chi connectivity index (χ4v) is 4.12. The maximum absolute atomic E-state index is 12.9. The molecule has 1 N–H and O–H groups in total. The van der Waals surface area contributed by atoms with Crippen molar-refractivity contribution in [2.75, 3.05) is 50.8 Å². The zero-order valence-electron chi connectivity index (χ0n) is 21.2. The van der Waals surface area contributed by atoms with E-state index in [4.69, 9.17) is 9.47 Å². The lowest BCUT2D eigenvalue weighted by Gasteiger charge is -2.25. The molecule has 1 aromatic heterocycles. The molecule has 0 saturated carbocycles. The van der Waals surface area contributed by atoms with Crippen molar-refractivity contribution in [3.05, 3.63) is 18.0 Å². The molecule has 2 saturated heterocycles. The van der Waals surface area contributed by atoms with Crippen molar-refractivity contribution in [2.24, 2.45) is 0 Å². The number of anilines is 1. The highest BCUT2D eigenvalue weighted by molar-refractivity contribution is 5.77. The molecule has 3 amide bonds. The van der Waals surface area contributed by atoms with Gasteiger partial charge in [-0.2, -0.15) is 13.2 Å². The zero-order chi connectivity index (χ0) is 26.5. The number of alkyl halides is 3. The Morgan fingerprint density at radius 2 is 1.89 bits per heavy atom. The topological polar surface area (TPSA) is 100 Å². The van der Waals surface area contributed by atoms with Gasteiger partial charge in [-0.1, -0.05) is 0 Å².